The number of carbonyl (C=O) groups is 2. The van der Waals surface area contributed by atoms with E-state index >= 15 is 0 Å². The average Bonchev–Trinajstić information content (AvgIpc) is 3.02. The van der Waals surface area contributed by atoms with Crippen LogP contribution >= 0.6 is 7.82 Å². The molecule has 46 heavy (non-hydrogen) atoms. The Bertz CT molecular complexity index is 807. The molecule has 0 aliphatic rings. The maximum Gasteiger partial charge on any atom is 0.469 e. The number of phosphoric acid groups is 1. The van der Waals surface area contributed by atoms with Crippen LogP contribution in [0, 0.1) is 0 Å². The van der Waals surface area contributed by atoms with Crippen molar-refractivity contribution >= 4 is 19.8 Å². The number of allylic oxidation sites excluding steroid dienone is 4. The molecule has 0 aromatic carbocycles. The van der Waals surface area contributed by atoms with E-state index in [1.54, 1.807) is 0 Å². The fraction of sp³-hybridized carbons (Fsp3) is 0.838. The number of carbonyl (C=O) groups excluding carboxylic acids is 2. The maximum absolute atomic E-state index is 12.3. The van der Waals surface area contributed by atoms with Gasteiger partial charge in [0.05, 0.1) is 6.61 Å². The summed E-state index contributed by atoms with van der Waals surface area (Å²) in [6, 6.07) is 0. The van der Waals surface area contributed by atoms with Gasteiger partial charge >= 0.3 is 19.8 Å². The normalized spacial score (nSPS) is 12.7. The Morgan fingerprint density at radius 2 is 0.913 bits per heavy atom. The van der Waals surface area contributed by atoms with Crippen LogP contribution in [0.5, 0.6) is 0 Å². The molecular formula is C37H69O8P. The summed E-state index contributed by atoms with van der Waals surface area (Å²) >= 11 is 0. The van der Waals surface area contributed by atoms with E-state index < -0.39 is 32.5 Å². The molecule has 0 aromatic heterocycles. The van der Waals surface area contributed by atoms with E-state index in [0.29, 0.717) is 12.8 Å². The molecule has 0 fully saturated rings. The van der Waals surface area contributed by atoms with Gasteiger partial charge in [0.2, 0.25) is 0 Å². The average molecular weight is 673 g/mol. The van der Waals surface area contributed by atoms with Gasteiger partial charge in [0.25, 0.3) is 0 Å². The lowest BCUT2D eigenvalue weighted by atomic mass is 10.1. The van der Waals surface area contributed by atoms with Gasteiger partial charge in [0.15, 0.2) is 6.10 Å². The van der Waals surface area contributed by atoms with E-state index in [1.807, 2.05) is 0 Å². The summed E-state index contributed by atoms with van der Waals surface area (Å²) in [6.45, 7) is 3.63. The molecule has 0 rings (SSSR count). The first-order valence-corrected chi connectivity index (χ1v) is 20.2. The van der Waals surface area contributed by atoms with Gasteiger partial charge in [0, 0.05) is 12.8 Å². The van der Waals surface area contributed by atoms with Crippen molar-refractivity contribution in [2.24, 2.45) is 0 Å². The lowest BCUT2D eigenvalue weighted by Crippen LogP contribution is -2.29. The van der Waals surface area contributed by atoms with Crippen LogP contribution in [-0.2, 0) is 28.2 Å². The molecule has 0 spiro atoms. The first-order valence-electron chi connectivity index (χ1n) is 18.6. The molecule has 0 saturated carbocycles. The molecule has 0 aliphatic carbocycles. The van der Waals surface area contributed by atoms with Gasteiger partial charge in [0.1, 0.15) is 6.61 Å². The molecule has 0 saturated heterocycles. The highest BCUT2D eigenvalue weighted by molar-refractivity contribution is 7.46. The first kappa shape index (κ1) is 44.5. The monoisotopic (exact) mass is 672 g/mol. The van der Waals surface area contributed by atoms with Crippen LogP contribution in [0.2, 0.25) is 0 Å². The van der Waals surface area contributed by atoms with Crippen LogP contribution in [0.15, 0.2) is 24.3 Å². The number of ether oxygens (including phenoxy) is 2. The van der Waals surface area contributed by atoms with Crippen molar-refractivity contribution in [2.75, 3.05) is 13.2 Å². The van der Waals surface area contributed by atoms with E-state index in [-0.39, 0.29) is 19.4 Å². The van der Waals surface area contributed by atoms with Crippen LogP contribution < -0.4 is 0 Å². The van der Waals surface area contributed by atoms with Crippen LogP contribution in [-0.4, -0.2) is 41.0 Å². The van der Waals surface area contributed by atoms with Gasteiger partial charge in [-0.2, -0.15) is 0 Å². The van der Waals surface area contributed by atoms with Gasteiger partial charge in [-0.1, -0.05) is 128 Å². The molecule has 2 N–H and O–H groups in total. The maximum atomic E-state index is 12.3. The Morgan fingerprint density at radius 1 is 0.543 bits per heavy atom. The third-order valence-electron chi connectivity index (χ3n) is 7.94. The highest BCUT2D eigenvalue weighted by Gasteiger charge is 2.22. The number of unbranched alkanes of at least 4 members (excludes halogenated alkanes) is 20. The van der Waals surface area contributed by atoms with Gasteiger partial charge in [-0.05, 0) is 64.2 Å². The SMILES string of the molecule is CCCCC/C=C\CCCCCCCC(=O)O[C@H](COC(=O)CCCCCCC/C=C\CCCCCCCCC)COP(=O)(O)O. The molecule has 8 nitrogen and oxygen atoms in total. The molecule has 9 heteroatoms. The van der Waals surface area contributed by atoms with Crippen molar-refractivity contribution in [2.45, 2.75) is 187 Å². The molecule has 0 radical (unpaired) electrons. The predicted octanol–water partition coefficient (Wildman–Crippen LogP) is 10.8. The summed E-state index contributed by atoms with van der Waals surface area (Å²) in [4.78, 5) is 42.6. The Morgan fingerprint density at radius 3 is 1.37 bits per heavy atom. The molecule has 0 amide bonds. The summed E-state index contributed by atoms with van der Waals surface area (Å²) < 4.78 is 26.3. The van der Waals surface area contributed by atoms with Crippen molar-refractivity contribution < 1.29 is 37.9 Å². The Balaban J connectivity index is 3.97. The molecule has 270 valence electrons. The second-order valence-corrected chi connectivity index (χ2v) is 13.8. The summed E-state index contributed by atoms with van der Waals surface area (Å²) in [5, 5.41) is 0. The fourth-order valence-electron chi connectivity index (χ4n) is 5.13. The van der Waals surface area contributed by atoms with Crippen LogP contribution in [0.1, 0.15) is 181 Å². The van der Waals surface area contributed by atoms with Crippen molar-refractivity contribution in [3.8, 4) is 0 Å². The highest BCUT2D eigenvalue weighted by atomic mass is 31.2. The van der Waals surface area contributed by atoms with E-state index in [1.165, 1.54) is 70.6 Å². The molecule has 0 aliphatic heterocycles. The highest BCUT2D eigenvalue weighted by Crippen LogP contribution is 2.36. The topological polar surface area (TPSA) is 119 Å². The number of phosphoric ester groups is 1. The molecule has 0 bridgehead atoms. The number of rotatable bonds is 34. The number of hydrogen-bond acceptors (Lipinski definition) is 6. The second-order valence-electron chi connectivity index (χ2n) is 12.5. The summed E-state index contributed by atoms with van der Waals surface area (Å²) in [7, 11) is -4.75. The lowest BCUT2D eigenvalue weighted by molar-refractivity contribution is -0.161. The van der Waals surface area contributed by atoms with Crippen LogP contribution in [0.4, 0.5) is 0 Å². The van der Waals surface area contributed by atoms with Gasteiger partial charge in [-0.15, -0.1) is 0 Å². The molecule has 1 atom stereocenters. The Labute approximate surface area is 281 Å². The van der Waals surface area contributed by atoms with Gasteiger partial charge < -0.3 is 19.3 Å². The van der Waals surface area contributed by atoms with Crippen molar-refractivity contribution in [3.05, 3.63) is 24.3 Å². The standard InChI is InChI=1S/C37H69O8P/c1-3-5-7-9-11-13-15-17-18-19-20-22-23-25-27-29-31-36(38)43-33-35(34-44-46(40,41)42)45-37(39)32-30-28-26-24-21-16-14-12-10-8-6-4-2/h12,14,18-19,35H,3-11,13,15-17,20-34H2,1-2H3,(H2,40,41,42)/b14-12-,19-18-/t35-/m1/s1. The van der Waals surface area contributed by atoms with E-state index in [0.717, 1.165) is 70.6 Å². The second kappa shape index (κ2) is 33.4. The molecule has 0 heterocycles. The van der Waals surface area contributed by atoms with Crippen LogP contribution in [0.25, 0.3) is 0 Å². The summed E-state index contributed by atoms with van der Waals surface area (Å²) in [5.41, 5.74) is 0. The predicted molar refractivity (Wildman–Crippen MR) is 189 cm³/mol. The fourth-order valence-corrected chi connectivity index (χ4v) is 5.49. The van der Waals surface area contributed by atoms with Crippen molar-refractivity contribution in [1.82, 2.24) is 0 Å². The number of esters is 2. The van der Waals surface area contributed by atoms with E-state index in [4.69, 9.17) is 19.3 Å². The van der Waals surface area contributed by atoms with E-state index in [2.05, 4.69) is 42.7 Å². The molecule has 0 unspecified atom stereocenters. The largest absolute Gasteiger partial charge is 0.469 e. The zero-order chi connectivity index (χ0) is 34.0. The Kier molecular flexibility index (Phi) is 32.4. The van der Waals surface area contributed by atoms with Gasteiger partial charge in [-0.25, -0.2) is 4.57 Å². The Hall–Kier alpha value is -1.47. The van der Waals surface area contributed by atoms with Crippen molar-refractivity contribution in [3.63, 3.8) is 0 Å². The minimum absolute atomic E-state index is 0.201. The lowest BCUT2D eigenvalue weighted by Gasteiger charge is -2.18. The minimum Gasteiger partial charge on any atom is -0.462 e. The zero-order valence-electron chi connectivity index (χ0n) is 29.5. The minimum atomic E-state index is -4.75. The zero-order valence-corrected chi connectivity index (χ0v) is 30.4. The van der Waals surface area contributed by atoms with Gasteiger partial charge in [-0.3, -0.25) is 14.1 Å². The molecular weight excluding hydrogens is 603 g/mol. The number of hydrogen-bond donors (Lipinski definition) is 2. The quantitative estimate of drug-likeness (QED) is 0.0300. The third-order valence-corrected chi connectivity index (χ3v) is 8.43. The summed E-state index contributed by atoms with van der Waals surface area (Å²) in [5.74, 6) is -0.903. The summed E-state index contributed by atoms with van der Waals surface area (Å²) in [6.07, 6.45) is 36.1. The smallest absolute Gasteiger partial charge is 0.462 e. The molecule has 0 aromatic rings. The third kappa shape index (κ3) is 35.4. The van der Waals surface area contributed by atoms with Crippen molar-refractivity contribution in [1.29, 1.82) is 0 Å². The van der Waals surface area contributed by atoms with Crippen LogP contribution in [0.3, 0.4) is 0 Å². The first-order chi connectivity index (χ1) is 22.3. The van der Waals surface area contributed by atoms with E-state index in [9.17, 15) is 14.2 Å².